The zero-order valence-corrected chi connectivity index (χ0v) is 45.5. The molecule has 8 heterocycles. The number of aromatic nitrogens is 10. The van der Waals surface area contributed by atoms with Crippen molar-refractivity contribution in [3.8, 4) is 0 Å². The van der Waals surface area contributed by atoms with Crippen LogP contribution in [0.15, 0.2) is 97.0 Å². The molecule has 24 nitrogen and oxygen atoms in total. The standard InChI is InChI=1S/C56H60N16O8/c1-9-45(73)42-17-32(26-68(42)4)18-46(74)33-10-11-39-34(20-33)21-40(63-39)41-16-31(25-67(41)3)19-48(76)50-60-37(29-71(50)7)24-47(75)38(57)12-13-59-53(77)43-22-35(27-69(43)5)61-54(78)44-23-36(28-70(44)6)62-56(80)52-64-49(30-72(52)8)65-55(79)51-58-14-15-66(51)2/h10-11,14-17,20,22-23,25-30,38H,9,12-13,18-19,21,24,57H2,1-8H3,(H,59,77)(H,61,78)(H,62,80)(H,65,79)/t38-/m1/s1. The molecule has 0 spiro atoms. The first-order valence-corrected chi connectivity index (χ1v) is 25.6. The summed E-state index contributed by atoms with van der Waals surface area (Å²) >= 11 is 0. The van der Waals surface area contributed by atoms with E-state index in [1.165, 1.54) is 38.2 Å². The Kier molecular flexibility index (Phi) is 15.5. The second kappa shape index (κ2) is 22.6. The lowest BCUT2D eigenvalue weighted by Crippen LogP contribution is -2.36. The second-order valence-electron chi connectivity index (χ2n) is 19.9. The van der Waals surface area contributed by atoms with Crippen molar-refractivity contribution in [3.63, 3.8) is 0 Å². The number of fused-ring (bicyclic) bond motifs is 1. The van der Waals surface area contributed by atoms with Crippen LogP contribution in [-0.2, 0) is 79.8 Å². The van der Waals surface area contributed by atoms with Crippen LogP contribution in [-0.4, -0.2) is 112 Å². The number of nitrogens with one attached hydrogen (secondary N) is 4. The van der Waals surface area contributed by atoms with E-state index in [9.17, 15) is 38.4 Å². The molecule has 1 aliphatic heterocycles. The molecule has 1 atom stereocenters. The number of carbonyl (C=O) groups excluding carboxylic acids is 8. The topological polar surface area (TPSA) is 296 Å². The van der Waals surface area contributed by atoms with Gasteiger partial charge in [0.1, 0.15) is 11.4 Å². The second-order valence-corrected chi connectivity index (χ2v) is 19.9. The van der Waals surface area contributed by atoms with Crippen LogP contribution in [0.25, 0.3) is 0 Å². The molecular formula is C56H60N16O8. The maximum atomic E-state index is 13.6. The van der Waals surface area contributed by atoms with Gasteiger partial charge in [-0.2, -0.15) is 0 Å². The highest BCUT2D eigenvalue weighted by Crippen LogP contribution is 2.31. The smallest absolute Gasteiger partial charge is 0.292 e. The van der Waals surface area contributed by atoms with Crippen molar-refractivity contribution in [1.29, 1.82) is 0 Å². The van der Waals surface area contributed by atoms with Crippen LogP contribution >= 0.6 is 0 Å². The van der Waals surface area contributed by atoms with Gasteiger partial charge in [-0.3, -0.25) is 43.3 Å². The third kappa shape index (κ3) is 11.8. The number of anilines is 3. The number of aliphatic imine (C=N–C) groups is 1. The molecule has 80 heavy (non-hydrogen) atoms. The number of carbonyl (C=O) groups is 8. The Balaban J connectivity index is 0.721. The molecule has 0 saturated carbocycles. The first-order chi connectivity index (χ1) is 38.1. The fourth-order valence-electron chi connectivity index (χ4n) is 9.65. The van der Waals surface area contributed by atoms with Crippen molar-refractivity contribution in [2.75, 3.05) is 22.5 Å². The molecule has 24 heteroatoms. The van der Waals surface area contributed by atoms with Crippen LogP contribution in [0, 0.1) is 0 Å². The Labute approximate surface area is 458 Å². The van der Waals surface area contributed by atoms with Gasteiger partial charge in [0.05, 0.1) is 52.3 Å². The van der Waals surface area contributed by atoms with Gasteiger partial charge in [0, 0.05) is 137 Å². The van der Waals surface area contributed by atoms with Crippen LogP contribution in [0.1, 0.15) is 122 Å². The van der Waals surface area contributed by atoms with Gasteiger partial charge in [-0.05, 0) is 65.6 Å². The van der Waals surface area contributed by atoms with E-state index in [1.807, 2.05) is 49.1 Å². The molecule has 0 fully saturated rings. The van der Waals surface area contributed by atoms with Crippen molar-refractivity contribution in [1.82, 2.24) is 52.2 Å². The van der Waals surface area contributed by atoms with Gasteiger partial charge < -0.3 is 59.0 Å². The molecule has 8 aromatic rings. The SMILES string of the molecule is CCC(=O)c1cc(CC(=O)c2ccc3c(c2)CC(c2cc(CC(=O)c4nc(CC(=O)[C@H](N)CCNC(=O)c5cc(NC(=O)c6cc(NC(=O)c7nc(NC(=O)c8nccn8C)cn7C)cn6C)cn5C)cn4C)cn2C)=N3)cn1C. The van der Waals surface area contributed by atoms with Crippen molar-refractivity contribution in [3.05, 3.63) is 160 Å². The molecule has 1 aliphatic rings. The molecule has 0 radical (unpaired) electrons. The summed E-state index contributed by atoms with van der Waals surface area (Å²) in [5, 5.41) is 10.9. The van der Waals surface area contributed by atoms with Crippen LogP contribution in [0.4, 0.5) is 22.9 Å². The Morgan fingerprint density at radius 2 is 1.23 bits per heavy atom. The van der Waals surface area contributed by atoms with E-state index in [0.29, 0.717) is 41.2 Å². The number of nitrogens with two attached hydrogens (primary N) is 1. The summed E-state index contributed by atoms with van der Waals surface area (Å²) in [4.78, 5) is 123. The largest absolute Gasteiger partial charge is 0.351 e. The number of aryl methyl sites for hydroxylation is 7. The predicted octanol–water partition coefficient (Wildman–Crippen LogP) is 4.38. The number of amides is 4. The predicted molar refractivity (Wildman–Crippen MR) is 296 cm³/mol. The highest BCUT2D eigenvalue weighted by atomic mass is 16.2. The Hall–Kier alpha value is -9.84. The number of imidazole rings is 3. The molecule has 0 aliphatic carbocycles. The van der Waals surface area contributed by atoms with Crippen LogP contribution in [0.3, 0.4) is 0 Å². The molecule has 9 rings (SSSR count). The first-order valence-electron chi connectivity index (χ1n) is 25.6. The van der Waals surface area contributed by atoms with Crippen LogP contribution < -0.4 is 27.0 Å². The van der Waals surface area contributed by atoms with E-state index in [-0.39, 0.29) is 90.0 Å². The summed E-state index contributed by atoms with van der Waals surface area (Å²) in [6.07, 6.45) is 14.1. The van der Waals surface area contributed by atoms with E-state index >= 15 is 0 Å². The van der Waals surface area contributed by atoms with Crippen molar-refractivity contribution < 1.29 is 38.4 Å². The normalized spacial score (nSPS) is 12.2. The van der Waals surface area contributed by atoms with Gasteiger partial charge in [-0.15, -0.1) is 0 Å². The van der Waals surface area contributed by atoms with Crippen molar-refractivity contribution in [2.45, 2.75) is 51.5 Å². The van der Waals surface area contributed by atoms with Crippen LogP contribution in [0.2, 0.25) is 0 Å². The maximum Gasteiger partial charge on any atom is 0.292 e. The molecule has 0 saturated heterocycles. The Morgan fingerprint density at radius 3 is 1.93 bits per heavy atom. The highest BCUT2D eigenvalue weighted by Gasteiger charge is 2.26. The van der Waals surface area contributed by atoms with E-state index in [4.69, 9.17) is 10.7 Å². The van der Waals surface area contributed by atoms with Gasteiger partial charge >= 0.3 is 0 Å². The van der Waals surface area contributed by atoms with E-state index in [1.54, 1.807) is 92.9 Å². The molecule has 7 aromatic heterocycles. The third-order valence-corrected chi connectivity index (χ3v) is 13.8. The summed E-state index contributed by atoms with van der Waals surface area (Å²) in [6.45, 7) is 1.88. The average Bonchev–Trinajstić information content (AvgIpc) is 4.31. The summed E-state index contributed by atoms with van der Waals surface area (Å²) in [6, 6.07) is 11.2. The number of hydrogen-bond acceptors (Lipinski definition) is 13. The number of nitrogens with zero attached hydrogens (tertiary/aromatic N) is 11. The minimum absolute atomic E-state index is 0.00288. The monoisotopic (exact) mass is 1080 g/mol. The van der Waals surface area contributed by atoms with Gasteiger partial charge in [-0.25, -0.2) is 15.0 Å². The first kappa shape index (κ1) is 54.9. The number of ketones is 4. The number of rotatable bonds is 22. The summed E-state index contributed by atoms with van der Waals surface area (Å²) in [5.41, 5.74) is 13.7. The molecule has 0 bridgehead atoms. The lowest BCUT2D eigenvalue weighted by molar-refractivity contribution is -0.119. The number of benzene rings is 1. The average molecular weight is 1090 g/mol. The van der Waals surface area contributed by atoms with E-state index in [0.717, 1.165) is 33.8 Å². The fraction of sp³-hybridized carbons (Fsp3) is 0.286. The molecule has 0 unspecified atom stereocenters. The zero-order valence-electron chi connectivity index (χ0n) is 45.5. The van der Waals surface area contributed by atoms with Gasteiger partial charge in [0.2, 0.25) is 11.6 Å². The molecule has 412 valence electrons. The molecular weight excluding hydrogens is 1020 g/mol. The van der Waals surface area contributed by atoms with Crippen molar-refractivity contribution >= 4 is 75.4 Å². The minimum atomic E-state index is -0.938. The minimum Gasteiger partial charge on any atom is -0.351 e. The molecule has 1 aromatic carbocycles. The van der Waals surface area contributed by atoms with Crippen molar-refractivity contribution in [2.24, 2.45) is 60.1 Å². The Bertz CT molecular complexity index is 3850. The fourth-order valence-corrected chi connectivity index (χ4v) is 9.65. The molecule has 6 N–H and O–H groups in total. The third-order valence-electron chi connectivity index (χ3n) is 13.8. The van der Waals surface area contributed by atoms with E-state index < -0.39 is 29.7 Å². The Morgan fingerprint density at radius 1 is 0.588 bits per heavy atom. The summed E-state index contributed by atoms with van der Waals surface area (Å²) in [7, 11) is 11.9. The lowest BCUT2D eigenvalue weighted by atomic mass is 10.00. The maximum absolute atomic E-state index is 13.6. The van der Waals surface area contributed by atoms with Crippen LogP contribution in [0.5, 0.6) is 0 Å². The zero-order chi connectivity index (χ0) is 57.3. The highest BCUT2D eigenvalue weighted by molar-refractivity contribution is 6.09. The molecule has 4 amide bonds. The van der Waals surface area contributed by atoms with Gasteiger partial charge in [0.25, 0.3) is 23.6 Å². The summed E-state index contributed by atoms with van der Waals surface area (Å²) < 4.78 is 11.3. The number of hydrogen-bond donors (Lipinski definition) is 5. The number of Topliss-reactive ketones (excluding diaryl/α,β-unsaturated/α-hetero) is 4. The summed E-state index contributed by atoms with van der Waals surface area (Å²) in [5.74, 6) is -2.17. The van der Waals surface area contributed by atoms with Gasteiger partial charge in [0.15, 0.2) is 34.8 Å². The van der Waals surface area contributed by atoms with Gasteiger partial charge in [-0.1, -0.05) is 6.92 Å². The lowest BCUT2D eigenvalue weighted by Gasteiger charge is -2.11. The quantitative estimate of drug-likeness (QED) is 0.0591. The van der Waals surface area contributed by atoms with E-state index in [2.05, 4.69) is 36.2 Å².